The fourth-order valence-electron chi connectivity index (χ4n) is 2.72. The number of H-pyrrole nitrogens is 1. The highest BCUT2D eigenvalue weighted by Crippen LogP contribution is 2.25. The summed E-state index contributed by atoms with van der Waals surface area (Å²) in [6.07, 6.45) is 1.36. The minimum atomic E-state index is -0.694. The smallest absolute Gasteiger partial charge is 0.306 e. The number of carboxylic acids is 1. The maximum atomic E-state index is 11.2. The summed E-state index contributed by atoms with van der Waals surface area (Å²) in [6, 6.07) is 9.23. The molecule has 0 bridgehead atoms. The number of carboxylic acid groups (broad SMARTS) is 1. The first kappa shape index (κ1) is 12.7. The van der Waals surface area contributed by atoms with Crippen molar-refractivity contribution in [1.82, 2.24) is 4.98 Å². The van der Waals surface area contributed by atoms with Crippen LogP contribution in [0.25, 0.3) is 10.9 Å². The van der Waals surface area contributed by atoms with Crippen molar-refractivity contribution < 1.29 is 9.90 Å². The van der Waals surface area contributed by atoms with E-state index in [1.165, 1.54) is 6.07 Å². The summed E-state index contributed by atoms with van der Waals surface area (Å²) >= 11 is 0. The van der Waals surface area contributed by atoms with Crippen LogP contribution in [-0.4, -0.2) is 29.1 Å². The number of nitrogens with one attached hydrogen (secondary N) is 1. The molecule has 1 aromatic heterocycles. The van der Waals surface area contributed by atoms with Gasteiger partial charge in [0.15, 0.2) is 0 Å². The Labute approximate surface area is 115 Å². The van der Waals surface area contributed by atoms with Gasteiger partial charge in [-0.15, -0.1) is 0 Å². The molecule has 1 saturated heterocycles. The molecule has 2 N–H and O–H groups in total. The summed E-state index contributed by atoms with van der Waals surface area (Å²) in [5, 5.41) is 10.00. The zero-order valence-corrected chi connectivity index (χ0v) is 11.0. The van der Waals surface area contributed by atoms with E-state index in [1.807, 2.05) is 24.3 Å². The quantitative estimate of drug-likeness (QED) is 0.874. The molecule has 0 amide bonds. The number of aromatic nitrogens is 1. The molecule has 1 aromatic carbocycles. The largest absolute Gasteiger partial charge is 0.481 e. The van der Waals surface area contributed by atoms with E-state index in [4.69, 9.17) is 5.11 Å². The minimum absolute atomic E-state index is 0.104. The van der Waals surface area contributed by atoms with Gasteiger partial charge in [-0.1, -0.05) is 0 Å². The first-order valence-corrected chi connectivity index (χ1v) is 6.74. The third-order valence-corrected chi connectivity index (χ3v) is 3.92. The summed E-state index contributed by atoms with van der Waals surface area (Å²) in [4.78, 5) is 27.2. The van der Waals surface area contributed by atoms with Gasteiger partial charge in [-0.25, -0.2) is 0 Å². The Hall–Kier alpha value is -2.30. The van der Waals surface area contributed by atoms with Gasteiger partial charge in [0.2, 0.25) is 5.56 Å². The molecule has 2 heterocycles. The third kappa shape index (κ3) is 2.39. The molecule has 0 spiro atoms. The first-order valence-electron chi connectivity index (χ1n) is 6.74. The topological polar surface area (TPSA) is 73.4 Å². The fraction of sp³-hybridized carbons (Fsp3) is 0.333. The van der Waals surface area contributed by atoms with Gasteiger partial charge in [-0.05, 0) is 37.1 Å². The van der Waals surface area contributed by atoms with E-state index in [9.17, 15) is 9.59 Å². The molecule has 104 valence electrons. The van der Waals surface area contributed by atoms with E-state index >= 15 is 0 Å². The Balaban J connectivity index is 1.83. The Morgan fingerprint density at radius 2 is 1.95 bits per heavy atom. The van der Waals surface area contributed by atoms with Crippen molar-refractivity contribution in [3.05, 3.63) is 40.7 Å². The second-order valence-corrected chi connectivity index (χ2v) is 5.19. The molecule has 0 radical (unpaired) electrons. The van der Waals surface area contributed by atoms with Gasteiger partial charge in [0.1, 0.15) is 0 Å². The zero-order valence-electron chi connectivity index (χ0n) is 11.0. The van der Waals surface area contributed by atoms with E-state index in [0.29, 0.717) is 12.8 Å². The summed E-state index contributed by atoms with van der Waals surface area (Å²) < 4.78 is 0. The molecule has 1 fully saturated rings. The van der Waals surface area contributed by atoms with Crippen LogP contribution in [0.4, 0.5) is 5.69 Å². The number of nitrogens with zero attached hydrogens (tertiary/aromatic N) is 1. The van der Waals surface area contributed by atoms with Crippen LogP contribution in [-0.2, 0) is 4.79 Å². The number of pyridine rings is 1. The maximum Gasteiger partial charge on any atom is 0.306 e. The van der Waals surface area contributed by atoms with Gasteiger partial charge < -0.3 is 15.0 Å². The average molecular weight is 272 g/mol. The van der Waals surface area contributed by atoms with Gasteiger partial charge in [0, 0.05) is 35.7 Å². The van der Waals surface area contributed by atoms with Crippen LogP contribution in [0.15, 0.2) is 35.1 Å². The molecular weight excluding hydrogens is 256 g/mol. The molecule has 1 aliphatic heterocycles. The molecular formula is C15H16N2O3. The van der Waals surface area contributed by atoms with E-state index in [-0.39, 0.29) is 11.5 Å². The van der Waals surface area contributed by atoms with Crippen molar-refractivity contribution in [3.63, 3.8) is 0 Å². The van der Waals surface area contributed by atoms with Crippen LogP contribution < -0.4 is 10.5 Å². The van der Waals surface area contributed by atoms with Crippen LogP contribution >= 0.6 is 0 Å². The Morgan fingerprint density at radius 3 is 2.65 bits per heavy atom. The molecule has 20 heavy (non-hydrogen) atoms. The minimum Gasteiger partial charge on any atom is -0.481 e. The standard InChI is InChI=1S/C15H16N2O3/c18-14-4-1-11-9-12(2-3-13(11)16-14)17-7-5-10(6-8-17)15(19)20/h1-4,9-10H,5-8H2,(H,16,18)(H,19,20). The molecule has 2 aromatic rings. The lowest BCUT2D eigenvalue weighted by molar-refractivity contribution is -0.142. The Morgan fingerprint density at radius 1 is 1.20 bits per heavy atom. The number of aliphatic carboxylic acids is 1. The fourth-order valence-corrected chi connectivity index (χ4v) is 2.72. The number of hydrogen-bond donors (Lipinski definition) is 2. The zero-order chi connectivity index (χ0) is 14.1. The second-order valence-electron chi connectivity index (χ2n) is 5.19. The van der Waals surface area contributed by atoms with E-state index in [2.05, 4.69) is 9.88 Å². The van der Waals surface area contributed by atoms with Crippen LogP contribution in [0.5, 0.6) is 0 Å². The molecule has 0 saturated carbocycles. The summed E-state index contributed by atoms with van der Waals surface area (Å²) in [5.41, 5.74) is 1.79. The van der Waals surface area contributed by atoms with Gasteiger partial charge in [-0.2, -0.15) is 0 Å². The predicted molar refractivity (Wildman–Crippen MR) is 77.1 cm³/mol. The van der Waals surface area contributed by atoms with Crippen LogP contribution in [0.3, 0.4) is 0 Å². The van der Waals surface area contributed by atoms with Gasteiger partial charge in [-0.3, -0.25) is 9.59 Å². The summed E-state index contributed by atoms with van der Waals surface area (Å²) in [7, 11) is 0. The number of aromatic amines is 1. The van der Waals surface area contributed by atoms with Crippen molar-refractivity contribution in [1.29, 1.82) is 0 Å². The number of hydrogen-bond acceptors (Lipinski definition) is 3. The lowest BCUT2D eigenvalue weighted by Crippen LogP contribution is -2.36. The van der Waals surface area contributed by atoms with E-state index < -0.39 is 5.97 Å². The molecule has 1 aliphatic rings. The Kier molecular flexibility index (Phi) is 3.18. The number of fused-ring (bicyclic) bond motifs is 1. The van der Waals surface area contributed by atoms with Gasteiger partial charge in [0.05, 0.1) is 5.92 Å². The van der Waals surface area contributed by atoms with Gasteiger partial charge in [0.25, 0.3) is 0 Å². The van der Waals surface area contributed by atoms with Crippen molar-refractivity contribution in [3.8, 4) is 0 Å². The molecule has 5 nitrogen and oxygen atoms in total. The van der Waals surface area contributed by atoms with Crippen LogP contribution in [0.2, 0.25) is 0 Å². The lowest BCUT2D eigenvalue weighted by Gasteiger charge is -2.32. The molecule has 0 aliphatic carbocycles. The van der Waals surface area contributed by atoms with Crippen LogP contribution in [0, 0.1) is 5.92 Å². The second kappa shape index (κ2) is 5.00. The summed E-state index contributed by atoms with van der Waals surface area (Å²) in [5.74, 6) is -0.913. The third-order valence-electron chi connectivity index (χ3n) is 3.92. The monoisotopic (exact) mass is 272 g/mol. The number of benzene rings is 1. The molecule has 5 heteroatoms. The highest BCUT2D eigenvalue weighted by atomic mass is 16.4. The highest BCUT2D eigenvalue weighted by Gasteiger charge is 2.24. The van der Waals surface area contributed by atoms with Crippen molar-refractivity contribution in [2.75, 3.05) is 18.0 Å². The maximum absolute atomic E-state index is 11.2. The Bertz CT molecular complexity index is 700. The van der Waals surface area contributed by atoms with E-state index in [1.54, 1.807) is 0 Å². The SMILES string of the molecule is O=C(O)C1CCN(c2ccc3[nH]c(=O)ccc3c2)CC1. The normalized spacial score (nSPS) is 16.5. The highest BCUT2D eigenvalue weighted by molar-refractivity contribution is 5.82. The van der Waals surface area contributed by atoms with Gasteiger partial charge >= 0.3 is 5.97 Å². The number of rotatable bonds is 2. The molecule has 0 unspecified atom stereocenters. The lowest BCUT2D eigenvalue weighted by atomic mass is 9.96. The summed E-state index contributed by atoms with van der Waals surface area (Å²) in [6.45, 7) is 1.51. The number of carbonyl (C=O) groups is 1. The van der Waals surface area contributed by atoms with Crippen molar-refractivity contribution >= 4 is 22.6 Å². The average Bonchev–Trinajstić information content (AvgIpc) is 2.47. The van der Waals surface area contributed by atoms with Crippen molar-refractivity contribution in [2.45, 2.75) is 12.8 Å². The molecule has 0 atom stereocenters. The number of anilines is 1. The van der Waals surface area contributed by atoms with Crippen molar-refractivity contribution in [2.24, 2.45) is 5.92 Å². The predicted octanol–water partition coefficient (Wildman–Crippen LogP) is 1.83. The first-order chi connectivity index (χ1) is 9.63. The number of piperidine rings is 1. The van der Waals surface area contributed by atoms with E-state index in [0.717, 1.165) is 29.7 Å². The molecule has 3 rings (SSSR count). The van der Waals surface area contributed by atoms with Crippen LogP contribution in [0.1, 0.15) is 12.8 Å².